The molecule has 1 N–H and O–H groups in total. The van der Waals surface area contributed by atoms with Gasteiger partial charge in [0, 0.05) is 40.4 Å². The minimum absolute atomic E-state index is 0.0151. The fourth-order valence-electron chi connectivity index (χ4n) is 3.46. The van der Waals surface area contributed by atoms with E-state index in [1.165, 1.54) is 4.90 Å². The van der Waals surface area contributed by atoms with E-state index in [0.717, 1.165) is 36.3 Å². The van der Waals surface area contributed by atoms with Crippen molar-refractivity contribution in [2.45, 2.75) is 35.5 Å². The first-order valence-corrected chi connectivity index (χ1v) is 10.4. The molecule has 4 rings (SSSR count). The lowest BCUT2D eigenvalue weighted by Gasteiger charge is -2.31. The standard InChI is InChI=1S/C22H24N2O2S/c25-21(16-11-13-24(14-12-16)22(26)17-9-10-17)23-18-5-4-8-20(15-18)27-19-6-2-1-3-7-19/h1-8,15-17H,9-14H2,(H,23,25). The molecule has 1 saturated carbocycles. The monoisotopic (exact) mass is 380 g/mol. The molecule has 0 unspecified atom stereocenters. The number of hydrogen-bond donors (Lipinski definition) is 1. The molecule has 2 amide bonds. The molecule has 5 heteroatoms. The number of nitrogens with one attached hydrogen (secondary N) is 1. The van der Waals surface area contributed by atoms with Crippen molar-refractivity contribution < 1.29 is 9.59 Å². The molecule has 1 heterocycles. The van der Waals surface area contributed by atoms with Crippen LogP contribution in [0.3, 0.4) is 0 Å². The Kier molecular flexibility index (Phi) is 5.48. The van der Waals surface area contributed by atoms with Gasteiger partial charge in [-0.25, -0.2) is 0 Å². The van der Waals surface area contributed by atoms with Crippen molar-refractivity contribution in [2.24, 2.45) is 11.8 Å². The largest absolute Gasteiger partial charge is 0.342 e. The fourth-order valence-corrected chi connectivity index (χ4v) is 4.35. The molecule has 2 aromatic rings. The van der Waals surface area contributed by atoms with Crippen LogP contribution < -0.4 is 5.32 Å². The predicted molar refractivity (Wildman–Crippen MR) is 108 cm³/mol. The van der Waals surface area contributed by atoms with E-state index in [2.05, 4.69) is 23.5 Å². The third-order valence-corrected chi connectivity index (χ3v) is 6.18. The number of nitrogens with zero attached hydrogens (tertiary/aromatic N) is 1. The van der Waals surface area contributed by atoms with E-state index >= 15 is 0 Å². The minimum Gasteiger partial charge on any atom is -0.342 e. The number of carbonyl (C=O) groups excluding carboxylic acids is 2. The van der Waals surface area contributed by atoms with E-state index in [1.54, 1.807) is 11.8 Å². The molecule has 27 heavy (non-hydrogen) atoms. The van der Waals surface area contributed by atoms with Crippen LogP contribution in [0, 0.1) is 11.8 Å². The molecule has 0 atom stereocenters. The number of hydrogen-bond acceptors (Lipinski definition) is 3. The van der Waals surface area contributed by atoms with Crippen LogP contribution in [0.25, 0.3) is 0 Å². The maximum absolute atomic E-state index is 12.6. The van der Waals surface area contributed by atoms with Gasteiger partial charge >= 0.3 is 0 Å². The first-order chi connectivity index (χ1) is 13.2. The highest BCUT2D eigenvalue weighted by Crippen LogP contribution is 2.33. The summed E-state index contributed by atoms with van der Waals surface area (Å²) in [5.41, 5.74) is 0.831. The molecule has 0 spiro atoms. The number of carbonyl (C=O) groups is 2. The summed E-state index contributed by atoms with van der Waals surface area (Å²) in [6.07, 6.45) is 3.58. The third kappa shape index (κ3) is 4.72. The summed E-state index contributed by atoms with van der Waals surface area (Å²) in [5.74, 6) is 0.605. The van der Waals surface area contributed by atoms with Crippen molar-refractivity contribution in [3.63, 3.8) is 0 Å². The van der Waals surface area contributed by atoms with Crippen LogP contribution in [0.5, 0.6) is 0 Å². The molecule has 2 aromatic carbocycles. The van der Waals surface area contributed by atoms with Gasteiger partial charge in [0.15, 0.2) is 0 Å². The highest BCUT2D eigenvalue weighted by molar-refractivity contribution is 7.99. The van der Waals surface area contributed by atoms with Gasteiger partial charge in [-0.3, -0.25) is 9.59 Å². The lowest BCUT2D eigenvalue weighted by atomic mass is 9.95. The van der Waals surface area contributed by atoms with E-state index in [-0.39, 0.29) is 17.7 Å². The Morgan fingerprint density at radius 2 is 1.56 bits per heavy atom. The van der Waals surface area contributed by atoms with E-state index in [4.69, 9.17) is 0 Å². The Bertz CT molecular complexity index is 812. The number of anilines is 1. The molecule has 4 nitrogen and oxygen atoms in total. The highest BCUT2D eigenvalue weighted by atomic mass is 32.2. The van der Waals surface area contributed by atoms with Crippen LogP contribution in [0.15, 0.2) is 64.4 Å². The van der Waals surface area contributed by atoms with E-state index in [0.29, 0.717) is 19.0 Å². The van der Waals surface area contributed by atoms with Crippen molar-refractivity contribution >= 4 is 29.3 Å². The Balaban J connectivity index is 1.32. The summed E-state index contributed by atoms with van der Waals surface area (Å²) in [4.78, 5) is 29.0. The van der Waals surface area contributed by atoms with E-state index < -0.39 is 0 Å². The third-order valence-electron chi connectivity index (χ3n) is 5.18. The van der Waals surface area contributed by atoms with Crippen LogP contribution in [-0.2, 0) is 9.59 Å². The van der Waals surface area contributed by atoms with Crippen LogP contribution in [0.2, 0.25) is 0 Å². The molecule has 0 aromatic heterocycles. The van der Waals surface area contributed by atoms with Crippen molar-refractivity contribution in [3.8, 4) is 0 Å². The molecule has 0 radical (unpaired) electrons. The van der Waals surface area contributed by atoms with Crippen LogP contribution in [0.1, 0.15) is 25.7 Å². The lowest BCUT2D eigenvalue weighted by molar-refractivity contribution is -0.135. The Labute approximate surface area is 164 Å². The lowest BCUT2D eigenvalue weighted by Crippen LogP contribution is -2.42. The summed E-state index contributed by atoms with van der Waals surface area (Å²) in [5, 5.41) is 3.06. The van der Waals surface area contributed by atoms with Gasteiger partial charge in [0.2, 0.25) is 11.8 Å². The van der Waals surface area contributed by atoms with Gasteiger partial charge in [0.25, 0.3) is 0 Å². The van der Waals surface area contributed by atoms with Gasteiger partial charge in [-0.2, -0.15) is 0 Å². The Morgan fingerprint density at radius 3 is 2.26 bits per heavy atom. The maximum Gasteiger partial charge on any atom is 0.227 e. The molecule has 1 aliphatic heterocycles. The number of likely N-dealkylation sites (tertiary alicyclic amines) is 1. The topological polar surface area (TPSA) is 49.4 Å². The zero-order valence-electron chi connectivity index (χ0n) is 15.3. The zero-order valence-corrected chi connectivity index (χ0v) is 16.1. The Hall–Kier alpha value is -2.27. The van der Waals surface area contributed by atoms with Crippen LogP contribution in [0.4, 0.5) is 5.69 Å². The maximum atomic E-state index is 12.6. The van der Waals surface area contributed by atoms with Gasteiger partial charge in [-0.15, -0.1) is 0 Å². The second kappa shape index (κ2) is 8.17. The molecule has 1 aliphatic carbocycles. The molecule has 1 saturated heterocycles. The number of amides is 2. The smallest absolute Gasteiger partial charge is 0.227 e. The average molecular weight is 381 g/mol. The number of benzene rings is 2. The second-order valence-corrected chi connectivity index (χ2v) is 8.45. The fraction of sp³-hybridized carbons (Fsp3) is 0.364. The van der Waals surface area contributed by atoms with Gasteiger partial charge in [0.1, 0.15) is 0 Å². The first-order valence-electron chi connectivity index (χ1n) is 9.61. The van der Waals surface area contributed by atoms with Crippen molar-refractivity contribution in [1.29, 1.82) is 0 Å². The summed E-state index contributed by atoms with van der Waals surface area (Å²) < 4.78 is 0. The van der Waals surface area contributed by atoms with Gasteiger partial charge in [0.05, 0.1) is 0 Å². The average Bonchev–Trinajstić information content (AvgIpc) is 3.54. The molecule has 140 valence electrons. The summed E-state index contributed by atoms with van der Waals surface area (Å²) in [6, 6.07) is 18.2. The first kappa shape index (κ1) is 18.1. The molecular formula is C22H24N2O2S. The second-order valence-electron chi connectivity index (χ2n) is 7.31. The quantitative estimate of drug-likeness (QED) is 0.835. The van der Waals surface area contributed by atoms with Gasteiger partial charge in [-0.1, -0.05) is 36.0 Å². The van der Waals surface area contributed by atoms with Crippen LogP contribution in [-0.4, -0.2) is 29.8 Å². The van der Waals surface area contributed by atoms with Crippen LogP contribution >= 0.6 is 11.8 Å². The zero-order chi connectivity index (χ0) is 18.6. The molecule has 2 aliphatic rings. The number of piperidine rings is 1. The molecule has 0 bridgehead atoms. The number of rotatable bonds is 5. The van der Waals surface area contributed by atoms with E-state index in [9.17, 15) is 9.59 Å². The van der Waals surface area contributed by atoms with Crippen molar-refractivity contribution in [2.75, 3.05) is 18.4 Å². The van der Waals surface area contributed by atoms with Crippen molar-refractivity contribution in [1.82, 2.24) is 4.90 Å². The van der Waals surface area contributed by atoms with Crippen molar-refractivity contribution in [3.05, 3.63) is 54.6 Å². The van der Waals surface area contributed by atoms with Gasteiger partial charge in [-0.05, 0) is 56.0 Å². The summed E-state index contributed by atoms with van der Waals surface area (Å²) in [7, 11) is 0. The normalized spacial score (nSPS) is 17.6. The predicted octanol–water partition coefficient (Wildman–Crippen LogP) is 4.42. The van der Waals surface area contributed by atoms with Gasteiger partial charge < -0.3 is 10.2 Å². The minimum atomic E-state index is -0.0151. The summed E-state index contributed by atoms with van der Waals surface area (Å²) in [6.45, 7) is 1.41. The molecular weight excluding hydrogens is 356 g/mol. The summed E-state index contributed by atoms with van der Waals surface area (Å²) >= 11 is 1.68. The SMILES string of the molecule is O=C(Nc1cccc(Sc2ccccc2)c1)C1CCN(C(=O)C2CC2)CC1. The molecule has 2 fully saturated rings. The Morgan fingerprint density at radius 1 is 0.852 bits per heavy atom. The highest BCUT2D eigenvalue weighted by Gasteiger charge is 2.35. The van der Waals surface area contributed by atoms with E-state index in [1.807, 2.05) is 41.3 Å².